The molecule has 0 saturated heterocycles. The molecule has 1 aromatic heterocycles. The summed E-state index contributed by atoms with van der Waals surface area (Å²) in [6.07, 6.45) is 2.44. The van der Waals surface area contributed by atoms with Gasteiger partial charge in [0.1, 0.15) is 5.75 Å². The molecule has 0 unspecified atom stereocenters. The van der Waals surface area contributed by atoms with E-state index in [4.69, 9.17) is 16.3 Å². The summed E-state index contributed by atoms with van der Waals surface area (Å²) in [4.78, 5) is 16.7. The van der Waals surface area contributed by atoms with Crippen molar-refractivity contribution in [3.05, 3.63) is 88.6 Å². The smallest absolute Gasteiger partial charge is 0.261 e. The van der Waals surface area contributed by atoms with Crippen LogP contribution in [0.3, 0.4) is 0 Å². The fourth-order valence-corrected chi connectivity index (χ4v) is 5.28. The normalized spacial score (nSPS) is 11.3. The molecule has 0 fully saturated rings. The molecule has 4 rings (SSSR count). The van der Waals surface area contributed by atoms with Crippen molar-refractivity contribution in [2.75, 3.05) is 29.7 Å². The number of nitrogens with zero attached hydrogens (tertiary/aromatic N) is 1. The molecule has 0 aliphatic carbocycles. The fourth-order valence-electron chi connectivity index (χ4n) is 3.98. The van der Waals surface area contributed by atoms with E-state index in [0.29, 0.717) is 41.5 Å². The van der Waals surface area contributed by atoms with Gasteiger partial charge in [-0.1, -0.05) is 17.7 Å². The summed E-state index contributed by atoms with van der Waals surface area (Å²) in [5.41, 5.74) is 4.97. The summed E-state index contributed by atoms with van der Waals surface area (Å²) in [5, 5.41) is 7.82. The van der Waals surface area contributed by atoms with Crippen LogP contribution in [0.25, 0.3) is 10.9 Å². The maximum absolute atomic E-state index is 12.8. The number of sulfonamides is 1. The number of carbonyl (C=O) groups is 1. The number of hydrogen-bond donors (Lipinski definition) is 3. The van der Waals surface area contributed by atoms with Crippen LogP contribution in [0.1, 0.15) is 23.1 Å². The van der Waals surface area contributed by atoms with Crippen LogP contribution in [-0.2, 0) is 14.8 Å². The number of rotatable bonds is 11. The number of hydrogen-bond acceptors (Lipinski definition) is 6. The monoisotopic (exact) mass is 566 g/mol. The second-order valence-corrected chi connectivity index (χ2v) is 11.4. The number of benzene rings is 3. The average Bonchev–Trinajstić information content (AvgIpc) is 2.89. The molecule has 1 amide bonds. The lowest BCUT2D eigenvalue weighted by Crippen LogP contribution is -2.30. The average molecular weight is 567 g/mol. The number of halogens is 1. The molecule has 39 heavy (non-hydrogen) atoms. The highest BCUT2D eigenvalue weighted by atomic mass is 35.5. The Morgan fingerprint density at radius 2 is 1.74 bits per heavy atom. The van der Waals surface area contributed by atoms with Gasteiger partial charge in [0, 0.05) is 41.1 Å². The highest BCUT2D eigenvalue weighted by molar-refractivity contribution is 7.92. The molecule has 0 saturated carbocycles. The Labute approximate surface area is 233 Å². The summed E-state index contributed by atoms with van der Waals surface area (Å²) in [6.45, 7) is 6.60. The maximum atomic E-state index is 12.8. The topological polar surface area (TPSA) is 109 Å². The zero-order chi connectivity index (χ0) is 28.0. The first-order valence-electron chi connectivity index (χ1n) is 12.5. The zero-order valence-corrected chi connectivity index (χ0v) is 23.6. The first-order valence-corrected chi connectivity index (χ1v) is 14.4. The molecule has 8 nitrogen and oxygen atoms in total. The van der Waals surface area contributed by atoms with Gasteiger partial charge in [0.05, 0.1) is 10.4 Å². The van der Waals surface area contributed by atoms with Gasteiger partial charge in [0.2, 0.25) is 0 Å². The Morgan fingerprint density at radius 1 is 0.923 bits per heavy atom. The molecule has 0 spiro atoms. The Kier molecular flexibility index (Phi) is 8.93. The summed E-state index contributed by atoms with van der Waals surface area (Å²) in [7, 11) is -3.77. The van der Waals surface area contributed by atoms with Crippen LogP contribution in [0.5, 0.6) is 5.75 Å². The van der Waals surface area contributed by atoms with Gasteiger partial charge < -0.3 is 15.4 Å². The number of aromatic nitrogens is 1. The number of pyridine rings is 1. The van der Waals surface area contributed by atoms with Gasteiger partial charge in [0.15, 0.2) is 6.61 Å². The third-order valence-corrected chi connectivity index (χ3v) is 7.88. The lowest BCUT2D eigenvalue weighted by atomic mass is 10.1. The molecule has 0 bridgehead atoms. The molecular weight excluding hydrogens is 536 g/mol. The molecule has 1 heterocycles. The maximum Gasteiger partial charge on any atom is 0.261 e. The number of aryl methyl sites for hydroxylation is 3. The molecule has 0 aliphatic rings. The first kappa shape index (κ1) is 28.2. The van der Waals surface area contributed by atoms with Crippen LogP contribution in [0, 0.1) is 20.8 Å². The molecule has 0 aliphatic heterocycles. The zero-order valence-electron chi connectivity index (χ0n) is 22.0. The van der Waals surface area contributed by atoms with E-state index < -0.39 is 10.0 Å². The van der Waals surface area contributed by atoms with Crippen molar-refractivity contribution in [1.29, 1.82) is 0 Å². The van der Waals surface area contributed by atoms with Crippen molar-refractivity contribution < 1.29 is 17.9 Å². The molecular formula is C29H31ClN4O4S. The predicted octanol–water partition coefficient (Wildman–Crippen LogP) is 5.61. The van der Waals surface area contributed by atoms with Crippen molar-refractivity contribution in [1.82, 2.24) is 10.3 Å². The van der Waals surface area contributed by atoms with Crippen molar-refractivity contribution in [3.8, 4) is 5.75 Å². The van der Waals surface area contributed by atoms with Crippen molar-refractivity contribution >= 4 is 49.8 Å². The van der Waals surface area contributed by atoms with E-state index in [0.717, 1.165) is 27.7 Å². The van der Waals surface area contributed by atoms with Crippen molar-refractivity contribution in [3.63, 3.8) is 0 Å². The molecule has 3 N–H and O–H groups in total. The van der Waals surface area contributed by atoms with E-state index in [1.165, 1.54) is 12.1 Å². The first-order chi connectivity index (χ1) is 18.6. The van der Waals surface area contributed by atoms with Crippen molar-refractivity contribution in [2.24, 2.45) is 0 Å². The highest BCUT2D eigenvalue weighted by Crippen LogP contribution is 2.25. The second kappa shape index (κ2) is 12.4. The predicted molar refractivity (Wildman–Crippen MR) is 156 cm³/mol. The van der Waals surface area contributed by atoms with E-state index in [-0.39, 0.29) is 17.4 Å². The Hall–Kier alpha value is -3.82. The van der Waals surface area contributed by atoms with E-state index in [9.17, 15) is 13.2 Å². The minimum absolute atomic E-state index is 0.118. The summed E-state index contributed by atoms with van der Waals surface area (Å²) >= 11 is 6.04. The summed E-state index contributed by atoms with van der Waals surface area (Å²) < 4.78 is 33.9. The van der Waals surface area contributed by atoms with Gasteiger partial charge in [-0.25, -0.2) is 8.42 Å². The second-order valence-electron chi connectivity index (χ2n) is 9.27. The molecule has 3 aromatic carbocycles. The number of fused-ring (bicyclic) bond motifs is 1. The lowest BCUT2D eigenvalue weighted by molar-refractivity contribution is -0.123. The van der Waals surface area contributed by atoms with Crippen LogP contribution in [0.4, 0.5) is 11.4 Å². The Balaban J connectivity index is 1.23. The van der Waals surface area contributed by atoms with Gasteiger partial charge in [-0.3, -0.25) is 14.5 Å². The summed E-state index contributed by atoms with van der Waals surface area (Å²) in [5.74, 6) is 0.188. The molecule has 0 radical (unpaired) electrons. The van der Waals surface area contributed by atoms with Gasteiger partial charge in [-0.2, -0.15) is 0 Å². The van der Waals surface area contributed by atoms with E-state index in [2.05, 4.69) is 20.3 Å². The standard InChI is InChI=1S/C29H31ClN4O4S/c1-19-5-7-23(15-20(19)2)34-39(36,37)24-8-10-28(21(3)16-24)38-18-29(35)33-13-4-12-31-26-11-14-32-27-17-22(30)6-9-25(26)27/h5-11,14-17,34H,4,12-13,18H2,1-3H3,(H,31,32)(H,33,35). The molecule has 10 heteroatoms. The Bertz CT molecular complexity index is 1610. The van der Waals surface area contributed by atoms with Crippen LogP contribution >= 0.6 is 11.6 Å². The SMILES string of the molecule is Cc1ccc(NS(=O)(=O)c2ccc(OCC(=O)NCCCNc3ccnc4cc(Cl)ccc34)c(C)c2)cc1C. The quantitative estimate of drug-likeness (QED) is 0.204. The minimum atomic E-state index is -3.77. The highest BCUT2D eigenvalue weighted by Gasteiger charge is 2.16. The van der Waals surface area contributed by atoms with Crippen LogP contribution in [0.2, 0.25) is 5.02 Å². The lowest BCUT2D eigenvalue weighted by Gasteiger charge is -2.13. The number of ether oxygens (including phenoxy) is 1. The molecule has 4 aromatic rings. The molecule has 0 atom stereocenters. The number of nitrogens with one attached hydrogen (secondary N) is 3. The number of amides is 1. The van der Waals surface area contributed by atoms with Crippen LogP contribution < -0.4 is 20.1 Å². The van der Waals surface area contributed by atoms with Crippen molar-refractivity contribution in [2.45, 2.75) is 32.1 Å². The number of anilines is 2. The minimum Gasteiger partial charge on any atom is -0.484 e. The summed E-state index contributed by atoms with van der Waals surface area (Å²) in [6, 6.07) is 17.4. The van der Waals surface area contributed by atoms with E-state index >= 15 is 0 Å². The number of carbonyl (C=O) groups excluding carboxylic acids is 1. The Morgan fingerprint density at radius 3 is 2.51 bits per heavy atom. The van der Waals surface area contributed by atoms with E-state index in [1.807, 2.05) is 44.2 Å². The van der Waals surface area contributed by atoms with Gasteiger partial charge in [-0.15, -0.1) is 0 Å². The van der Waals surface area contributed by atoms with Gasteiger partial charge in [0.25, 0.3) is 15.9 Å². The van der Waals surface area contributed by atoms with Gasteiger partial charge >= 0.3 is 0 Å². The van der Waals surface area contributed by atoms with Crippen LogP contribution in [0.15, 0.2) is 71.8 Å². The van der Waals surface area contributed by atoms with E-state index in [1.54, 1.807) is 31.3 Å². The third kappa shape index (κ3) is 7.40. The largest absolute Gasteiger partial charge is 0.484 e. The third-order valence-electron chi connectivity index (χ3n) is 6.27. The fraction of sp³-hybridized carbons (Fsp3) is 0.241. The van der Waals surface area contributed by atoms with Gasteiger partial charge in [-0.05, 0) is 98.5 Å². The van der Waals surface area contributed by atoms with Crippen LogP contribution in [-0.4, -0.2) is 39.0 Å². The molecule has 204 valence electrons.